The summed E-state index contributed by atoms with van der Waals surface area (Å²) < 4.78 is 6.34. The molecule has 0 aliphatic carbocycles. The largest absolute Gasteiger partial charge is 0.456 e. The van der Waals surface area contributed by atoms with Crippen LogP contribution >= 0.6 is 0 Å². The number of furan rings is 1. The molecule has 2 nitrogen and oxygen atoms in total. The van der Waals surface area contributed by atoms with E-state index in [0.717, 1.165) is 50.5 Å². The summed E-state index contributed by atoms with van der Waals surface area (Å²) in [6, 6.07) is 84.8. The third kappa shape index (κ3) is 6.51. The van der Waals surface area contributed by atoms with Gasteiger partial charge in [0.25, 0.3) is 0 Å². The number of nitrogens with zero attached hydrogens (tertiary/aromatic N) is 1. The highest BCUT2D eigenvalue weighted by Gasteiger charge is 2.17. The van der Waals surface area contributed by atoms with Crippen molar-refractivity contribution in [1.29, 1.82) is 0 Å². The first-order valence-electron chi connectivity index (χ1n) is 20.5. The van der Waals surface area contributed by atoms with Gasteiger partial charge in [0, 0.05) is 28.0 Å². The molecule has 0 spiro atoms. The van der Waals surface area contributed by atoms with Gasteiger partial charge in [0.15, 0.2) is 0 Å². The van der Waals surface area contributed by atoms with Crippen LogP contribution < -0.4 is 4.90 Å². The average molecular weight is 766 g/mol. The van der Waals surface area contributed by atoms with Crippen molar-refractivity contribution in [1.82, 2.24) is 0 Å². The fourth-order valence-electron chi connectivity index (χ4n) is 8.67. The summed E-state index contributed by atoms with van der Waals surface area (Å²) in [4.78, 5) is 2.35. The maximum atomic E-state index is 6.34. The zero-order valence-electron chi connectivity index (χ0n) is 32.9. The molecule has 1 heterocycles. The molecule has 0 saturated heterocycles. The zero-order chi connectivity index (χ0) is 39.8. The van der Waals surface area contributed by atoms with Gasteiger partial charge in [-0.05, 0) is 121 Å². The minimum Gasteiger partial charge on any atom is -0.456 e. The summed E-state index contributed by atoms with van der Waals surface area (Å²) in [5, 5.41) is 6.15. The SMILES string of the molecule is c1ccc(-c2ccc(-c3ccc(N(c4ccc(-c5ccccc5-c5cc6ccccc6o5)cc4)c4ccc(-c5cc6ccccc6c6ccccc56)cc4)cc3)cc2)cc1. The van der Waals surface area contributed by atoms with Gasteiger partial charge >= 0.3 is 0 Å². The van der Waals surface area contributed by atoms with Crippen molar-refractivity contribution in [3.8, 4) is 55.8 Å². The fraction of sp³-hybridized carbons (Fsp3) is 0. The van der Waals surface area contributed by atoms with Crippen molar-refractivity contribution in [2.75, 3.05) is 4.90 Å². The lowest BCUT2D eigenvalue weighted by atomic mass is 9.93. The van der Waals surface area contributed by atoms with Crippen LogP contribution in [0.3, 0.4) is 0 Å². The topological polar surface area (TPSA) is 16.4 Å². The predicted molar refractivity (Wildman–Crippen MR) is 253 cm³/mol. The van der Waals surface area contributed by atoms with E-state index < -0.39 is 0 Å². The van der Waals surface area contributed by atoms with E-state index in [1.165, 1.54) is 54.9 Å². The molecule has 0 saturated carbocycles. The second-order valence-electron chi connectivity index (χ2n) is 15.3. The van der Waals surface area contributed by atoms with Crippen molar-refractivity contribution in [3.05, 3.63) is 237 Å². The van der Waals surface area contributed by atoms with Crippen LogP contribution in [0.25, 0.3) is 88.3 Å². The van der Waals surface area contributed by atoms with E-state index in [0.29, 0.717) is 0 Å². The Bertz CT molecular complexity index is 3240. The van der Waals surface area contributed by atoms with Crippen LogP contribution in [0.4, 0.5) is 17.1 Å². The summed E-state index contributed by atoms with van der Waals surface area (Å²) in [5.74, 6) is 0.867. The summed E-state index contributed by atoms with van der Waals surface area (Å²) in [6.45, 7) is 0. The molecule has 0 aliphatic heterocycles. The third-order valence-electron chi connectivity index (χ3n) is 11.7. The van der Waals surface area contributed by atoms with Crippen molar-refractivity contribution in [2.24, 2.45) is 0 Å². The number of hydrogen-bond acceptors (Lipinski definition) is 2. The maximum absolute atomic E-state index is 6.34. The molecule has 0 aliphatic rings. The Labute approximate surface area is 349 Å². The van der Waals surface area contributed by atoms with Gasteiger partial charge in [0.1, 0.15) is 11.3 Å². The summed E-state index contributed by atoms with van der Waals surface area (Å²) in [5.41, 5.74) is 14.7. The van der Waals surface area contributed by atoms with Gasteiger partial charge < -0.3 is 9.32 Å². The predicted octanol–water partition coefficient (Wildman–Crippen LogP) is 16.5. The Kier molecular flexibility index (Phi) is 8.87. The van der Waals surface area contributed by atoms with Gasteiger partial charge in [-0.15, -0.1) is 0 Å². The Morgan fingerprint density at radius 2 is 0.700 bits per heavy atom. The molecular weight excluding hydrogens is 727 g/mol. The first kappa shape index (κ1) is 35.2. The highest BCUT2D eigenvalue weighted by Crippen LogP contribution is 2.41. The normalized spacial score (nSPS) is 11.3. The maximum Gasteiger partial charge on any atom is 0.136 e. The van der Waals surface area contributed by atoms with Gasteiger partial charge in [-0.25, -0.2) is 0 Å². The average Bonchev–Trinajstić information content (AvgIpc) is 3.77. The van der Waals surface area contributed by atoms with Gasteiger partial charge in [-0.2, -0.15) is 0 Å². The van der Waals surface area contributed by atoms with Crippen LogP contribution in [0, 0.1) is 0 Å². The van der Waals surface area contributed by atoms with Crippen LogP contribution in [-0.2, 0) is 0 Å². The van der Waals surface area contributed by atoms with Crippen LogP contribution in [0.15, 0.2) is 241 Å². The number of rotatable bonds is 8. The molecule has 0 radical (unpaired) electrons. The lowest BCUT2D eigenvalue weighted by molar-refractivity contribution is 0.632. The number of fused-ring (bicyclic) bond motifs is 4. The number of hydrogen-bond donors (Lipinski definition) is 0. The Balaban J connectivity index is 0.972. The molecule has 0 N–H and O–H groups in total. The van der Waals surface area contributed by atoms with E-state index in [9.17, 15) is 0 Å². The summed E-state index contributed by atoms with van der Waals surface area (Å²) in [6.07, 6.45) is 0. The molecule has 60 heavy (non-hydrogen) atoms. The second kappa shape index (κ2) is 15.1. The van der Waals surface area contributed by atoms with Crippen LogP contribution in [0.2, 0.25) is 0 Å². The van der Waals surface area contributed by atoms with Crippen LogP contribution in [-0.4, -0.2) is 0 Å². The minimum absolute atomic E-state index is 0.867. The molecule has 2 heteroatoms. The first-order valence-corrected chi connectivity index (χ1v) is 20.5. The zero-order valence-corrected chi connectivity index (χ0v) is 32.9. The lowest BCUT2D eigenvalue weighted by Gasteiger charge is -2.26. The summed E-state index contributed by atoms with van der Waals surface area (Å²) >= 11 is 0. The van der Waals surface area contributed by atoms with E-state index in [-0.39, 0.29) is 0 Å². The highest BCUT2D eigenvalue weighted by atomic mass is 16.3. The van der Waals surface area contributed by atoms with E-state index in [2.05, 4.69) is 223 Å². The van der Waals surface area contributed by atoms with Crippen LogP contribution in [0.1, 0.15) is 0 Å². The van der Waals surface area contributed by atoms with Gasteiger partial charge in [-0.1, -0.05) is 182 Å². The molecular formula is C58H39NO. The number of anilines is 3. The van der Waals surface area contributed by atoms with Crippen molar-refractivity contribution >= 4 is 49.6 Å². The van der Waals surface area contributed by atoms with Crippen molar-refractivity contribution < 1.29 is 4.42 Å². The molecule has 1 aromatic heterocycles. The molecule has 0 unspecified atom stereocenters. The third-order valence-corrected chi connectivity index (χ3v) is 11.7. The van der Waals surface area contributed by atoms with Crippen LogP contribution in [0.5, 0.6) is 0 Å². The summed E-state index contributed by atoms with van der Waals surface area (Å²) in [7, 11) is 0. The van der Waals surface area contributed by atoms with E-state index >= 15 is 0 Å². The fourth-order valence-corrected chi connectivity index (χ4v) is 8.67. The number of benzene rings is 10. The molecule has 0 fully saturated rings. The Morgan fingerprint density at radius 1 is 0.267 bits per heavy atom. The van der Waals surface area contributed by atoms with E-state index in [1.54, 1.807) is 0 Å². The van der Waals surface area contributed by atoms with Gasteiger partial charge in [-0.3, -0.25) is 0 Å². The monoisotopic (exact) mass is 765 g/mol. The van der Waals surface area contributed by atoms with Crippen molar-refractivity contribution in [3.63, 3.8) is 0 Å². The first-order chi connectivity index (χ1) is 29.7. The molecule has 11 aromatic rings. The van der Waals surface area contributed by atoms with E-state index in [4.69, 9.17) is 4.42 Å². The smallest absolute Gasteiger partial charge is 0.136 e. The molecule has 11 rings (SSSR count). The molecule has 10 aromatic carbocycles. The minimum atomic E-state index is 0.867. The molecule has 0 bridgehead atoms. The lowest BCUT2D eigenvalue weighted by Crippen LogP contribution is -2.09. The van der Waals surface area contributed by atoms with Gasteiger partial charge in [0.05, 0.1) is 0 Å². The van der Waals surface area contributed by atoms with Crippen molar-refractivity contribution in [2.45, 2.75) is 0 Å². The quantitative estimate of drug-likeness (QED) is 0.143. The molecule has 0 amide bonds. The standard InChI is InChI=1S/C58H39NO/c1-2-12-40(13-3-1)41-22-24-42(25-23-41)43-26-32-48(33-27-43)59(50-36-30-45(31-37-50)56-38-46-14-4-6-17-52(46)53-18-8-9-19-54(53)56)49-34-28-44(29-35-49)51-16-7-10-20-55(51)58-39-47-15-5-11-21-57(47)60-58/h1-39H. The second-order valence-corrected chi connectivity index (χ2v) is 15.3. The Morgan fingerprint density at radius 3 is 1.32 bits per heavy atom. The van der Waals surface area contributed by atoms with Gasteiger partial charge in [0.2, 0.25) is 0 Å². The highest BCUT2D eigenvalue weighted by molar-refractivity contribution is 6.13. The molecule has 282 valence electrons. The Hall–Kier alpha value is -7.94. The van der Waals surface area contributed by atoms with E-state index in [1.807, 2.05) is 18.2 Å². The molecule has 0 atom stereocenters. The number of para-hydroxylation sites is 1.